The number of anilines is 1. The van der Waals surface area contributed by atoms with E-state index in [1.54, 1.807) is 0 Å². The second-order valence-electron chi connectivity index (χ2n) is 4.22. The summed E-state index contributed by atoms with van der Waals surface area (Å²) in [6.07, 6.45) is 0. The predicted molar refractivity (Wildman–Crippen MR) is 61.5 cm³/mol. The van der Waals surface area contributed by atoms with Crippen molar-refractivity contribution in [3.05, 3.63) is 5.82 Å². The molecule has 1 aromatic heterocycles. The second kappa shape index (κ2) is 5.27. The Hall–Kier alpha value is -1.14. The summed E-state index contributed by atoms with van der Waals surface area (Å²) in [5.41, 5.74) is 0. The second-order valence-corrected chi connectivity index (χ2v) is 4.22. The molecule has 0 atom stereocenters. The van der Waals surface area contributed by atoms with E-state index in [1.807, 2.05) is 6.92 Å². The van der Waals surface area contributed by atoms with Crippen molar-refractivity contribution < 1.29 is 4.52 Å². The predicted octanol–water partition coefficient (Wildman–Crippen LogP) is 0.0373. The molecule has 1 fully saturated rings. The summed E-state index contributed by atoms with van der Waals surface area (Å²) < 4.78 is 4.97. The Morgan fingerprint density at radius 2 is 2.06 bits per heavy atom. The summed E-state index contributed by atoms with van der Waals surface area (Å²) >= 11 is 0. The number of nitrogens with one attached hydrogen (secondary N) is 1. The van der Waals surface area contributed by atoms with Gasteiger partial charge in [0.05, 0.1) is 0 Å². The van der Waals surface area contributed by atoms with E-state index in [0.29, 0.717) is 11.8 Å². The Morgan fingerprint density at radius 3 is 2.69 bits per heavy atom. The maximum Gasteiger partial charge on any atom is 0.321 e. The average Bonchev–Trinajstić information content (AvgIpc) is 2.67. The van der Waals surface area contributed by atoms with Gasteiger partial charge in [-0.2, -0.15) is 4.98 Å². The zero-order chi connectivity index (χ0) is 11.4. The molecule has 2 rings (SSSR count). The molecule has 1 aliphatic rings. The van der Waals surface area contributed by atoms with E-state index in [2.05, 4.69) is 32.3 Å². The first-order valence-electron chi connectivity index (χ1n) is 5.69. The third-order valence-corrected chi connectivity index (χ3v) is 2.83. The van der Waals surface area contributed by atoms with Gasteiger partial charge in [-0.05, 0) is 14.0 Å². The van der Waals surface area contributed by atoms with E-state index in [0.717, 1.165) is 39.3 Å². The fourth-order valence-corrected chi connectivity index (χ4v) is 1.76. The first-order chi connectivity index (χ1) is 7.74. The molecule has 0 radical (unpaired) electrons. The van der Waals surface area contributed by atoms with Crippen LogP contribution in [0.25, 0.3) is 0 Å². The van der Waals surface area contributed by atoms with Crippen LogP contribution in [-0.4, -0.2) is 66.3 Å². The molecule has 0 aliphatic carbocycles. The van der Waals surface area contributed by atoms with Gasteiger partial charge in [-0.1, -0.05) is 5.16 Å². The largest absolute Gasteiger partial charge is 0.336 e. The van der Waals surface area contributed by atoms with Gasteiger partial charge in [0.2, 0.25) is 0 Å². The lowest BCUT2D eigenvalue weighted by Gasteiger charge is -2.32. The van der Waals surface area contributed by atoms with Gasteiger partial charge >= 0.3 is 6.01 Å². The average molecular weight is 225 g/mol. The van der Waals surface area contributed by atoms with Crippen LogP contribution in [0.3, 0.4) is 0 Å². The van der Waals surface area contributed by atoms with Gasteiger partial charge in [-0.15, -0.1) is 0 Å². The van der Waals surface area contributed by atoms with Gasteiger partial charge < -0.3 is 14.7 Å². The summed E-state index contributed by atoms with van der Waals surface area (Å²) in [4.78, 5) is 8.88. The molecular weight excluding hydrogens is 206 g/mol. The highest BCUT2D eigenvalue weighted by Gasteiger charge is 2.13. The number of hydrogen-bond donors (Lipinski definition) is 1. The van der Waals surface area contributed by atoms with Gasteiger partial charge in [0, 0.05) is 39.3 Å². The van der Waals surface area contributed by atoms with Gasteiger partial charge in [-0.25, -0.2) is 0 Å². The van der Waals surface area contributed by atoms with E-state index in [1.165, 1.54) is 0 Å². The van der Waals surface area contributed by atoms with E-state index < -0.39 is 0 Å². The van der Waals surface area contributed by atoms with Crippen molar-refractivity contribution in [3.8, 4) is 0 Å². The number of aromatic nitrogens is 2. The summed E-state index contributed by atoms with van der Waals surface area (Å²) in [6, 6.07) is 0.520. The molecule has 0 aromatic carbocycles. The quantitative estimate of drug-likeness (QED) is 0.780. The van der Waals surface area contributed by atoms with Crippen molar-refractivity contribution in [2.24, 2.45) is 0 Å². The van der Waals surface area contributed by atoms with Crippen molar-refractivity contribution in [2.45, 2.75) is 6.92 Å². The molecule has 0 spiro atoms. The molecule has 6 nitrogen and oxygen atoms in total. The number of rotatable bonds is 4. The topological polar surface area (TPSA) is 57.4 Å². The first-order valence-corrected chi connectivity index (χ1v) is 5.69. The molecule has 2 heterocycles. The van der Waals surface area contributed by atoms with Crippen LogP contribution in [0.5, 0.6) is 0 Å². The number of aryl methyl sites for hydroxylation is 1. The van der Waals surface area contributed by atoms with Crippen molar-refractivity contribution in [1.82, 2.24) is 19.9 Å². The van der Waals surface area contributed by atoms with Crippen LogP contribution in [0.15, 0.2) is 4.52 Å². The monoisotopic (exact) mass is 225 g/mol. The molecule has 0 bridgehead atoms. The summed E-state index contributed by atoms with van der Waals surface area (Å²) in [6.45, 7) is 8.27. The van der Waals surface area contributed by atoms with Crippen molar-refractivity contribution in [2.75, 3.05) is 51.6 Å². The van der Waals surface area contributed by atoms with Crippen LogP contribution in [0.2, 0.25) is 0 Å². The standard InChI is InChI=1S/C10H19N5O/c1-9-12-10(16-13-9)11-3-4-15-7-5-14(2)6-8-15/h3-8H2,1-2H3,(H,11,12,13). The van der Waals surface area contributed by atoms with E-state index in [4.69, 9.17) is 4.52 Å². The molecule has 90 valence electrons. The lowest BCUT2D eigenvalue weighted by Crippen LogP contribution is -2.45. The molecule has 1 saturated heterocycles. The number of likely N-dealkylation sites (N-methyl/N-ethyl adjacent to an activating group) is 1. The lowest BCUT2D eigenvalue weighted by atomic mass is 10.3. The Morgan fingerprint density at radius 1 is 1.31 bits per heavy atom. The van der Waals surface area contributed by atoms with Crippen LogP contribution in [0.4, 0.5) is 6.01 Å². The van der Waals surface area contributed by atoms with E-state index in [-0.39, 0.29) is 0 Å². The number of piperazine rings is 1. The minimum absolute atomic E-state index is 0.520. The molecule has 6 heteroatoms. The molecule has 1 aliphatic heterocycles. The maximum absolute atomic E-state index is 4.97. The summed E-state index contributed by atoms with van der Waals surface area (Å²) in [5, 5.41) is 6.85. The van der Waals surface area contributed by atoms with Crippen LogP contribution >= 0.6 is 0 Å². The van der Waals surface area contributed by atoms with E-state index >= 15 is 0 Å². The van der Waals surface area contributed by atoms with Crippen LogP contribution in [0, 0.1) is 6.92 Å². The minimum Gasteiger partial charge on any atom is -0.336 e. The molecule has 0 amide bonds. The highest BCUT2D eigenvalue weighted by atomic mass is 16.5. The molecule has 16 heavy (non-hydrogen) atoms. The van der Waals surface area contributed by atoms with Crippen molar-refractivity contribution in [3.63, 3.8) is 0 Å². The molecule has 1 aromatic rings. The van der Waals surface area contributed by atoms with Gasteiger partial charge in [-0.3, -0.25) is 4.90 Å². The number of nitrogens with zero attached hydrogens (tertiary/aromatic N) is 4. The maximum atomic E-state index is 4.97. The fraction of sp³-hybridized carbons (Fsp3) is 0.800. The molecule has 0 unspecified atom stereocenters. The molecule has 1 N–H and O–H groups in total. The Bertz CT molecular complexity index is 319. The van der Waals surface area contributed by atoms with Crippen LogP contribution in [0.1, 0.15) is 5.82 Å². The van der Waals surface area contributed by atoms with Gasteiger partial charge in [0.15, 0.2) is 5.82 Å². The van der Waals surface area contributed by atoms with Crippen LogP contribution in [-0.2, 0) is 0 Å². The van der Waals surface area contributed by atoms with Gasteiger partial charge in [0.25, 0.3) is 0 Å². The third-order valence-electron chi connectivity index (χ3n) is 2.83. The highest BCUT2D eigenvalue weighted by Crippen LogP contribution is 2.02. The Labute approximate surface area is 95.6 Å². The molecule has 0 saturated carbocycles. The minimum atomic E-state index is 0.520. The zero-order valence-electron chi connectivity index (χ0n) is 9.94. The fourth-order valence-electron chi connectivity index (χ4n) is 1.76. The number of hydrogen-bond acceptors (Lipinski definition) is 6. The third kappa shape index (κ3) is 3.18. The van der Waals surface area contributed by atoms with E-state index in [9.17, 15) is 0 Å². The zero-order valence-corrected chi connectivity index (χ0v) is 9.94. The van der Waals surface area contributed by atoms with Gasteiger partial charge in [0.1, 0.15) is 0 Å². The SMILES string of the molecule is Cc1noc(NCCN2CCN(C)CC2)n1. The lowest BCUT2D eigenvalue weighted by molar-refractivity contribution is 0.158. The van der Waals surface area contributed by atoms with Crippen LogP contribution < -0.4 is 5.32 Å². The Kier molecular flexibility index (Phi) is 3.74. The summed E-state index contributed by atoms with van der Waals surface area (Å²) in [5.74, 6) is 0.669. The Balaban J connectivity index is 1.64. The molecular formula is C10H19N5O. The van der Waals surface area contributed by atoms with Crippen molar-refractivity contribution >= 4 is 6.01 Å². The highest BCUT2D eigenvalue weighted by molar-refractivity contribution is 5.17. The normalized spacial score (nSPS) is 18.9. The first kappa shape index (κ1) is 11.3. The smallest absolute Gasteiger partial charge is 0.321 e. The summed E-state index contributed by atoms with van der Waals surface area (Å²) in [7, 11) is 2.16. The van der Waals surface area contributed by atoms with Crippen molar-refractivity contribution in [1.29, 1.82) is 0 Å².